The van der Waals surface area contributed by atoms with Gasteiger partial charge in [0.1, 0.15) is 11.5 Å². The number of aromatic nitrogens is 1. The van der Waals surface area contributed by atoms with E-state index in [9.17, 15) is 9.59 Å². The number of rotatable bonds is 9. The van der Waals surface area contributed by atoms with Crippen LogP contribution in [-0.4, -0.2) is 48.4 Å². The van der Waals surface area contributed by atoms with Gasteiger partial charge in [0.05, 0.1) is 7.11 Å². The van der Waals surface area contributed by atoms with E-state index in [1.165, 1.54) is 18.3 Å². The maximum Gasteiger partial charge on any atom is 0.412 e. The number of ether oxygens (including phenoxy) is 1. The summed E-state index contributed by atoms with van der Waals surface area (Å²) in [5.41, 5.74) is 10.3. The van der Waals surface area contributed by atoms with E-state index in [1.807, 2.05) is 51.1 Å². The number of anilines is 2. The molecule has 2 amide bonds. The highest BCUT2D eigenvalue weighted by Gasteiger charge is 2.10. The molecule has 0 atom stereocenters. The fourth-order valence-electron chi connectivity index (χ4n) is 2.98. The summed E-state index contributed by atoms with van der Waals surface area (Å²) in [5.74, 6) is 5.75. The highest BCUT2D eigenvalue weighted by atomic mass is 16.5. The summed E-state index contributed by atoms with van der Waals surface area (Å²) in [5, 5.41) is 6.74. The van der Waals surface area contributed by atoms with Crippen molar-refractivity contribution >= 4 is 35.3 Å². The minimum Gasteiger partial charge on any atom is -0.453 e. The standard InChI is InChI=1S/C25H33N7O3/c1-16(2)32(27)15-22(26)24(33)30-21-9-6-17(3)18(12-21)7-8-20(14-28-4)19-10-11-29-23(13-19)31-25(34)35-5/h6,8-16H,7,26-27H2,1-5H3,(H,30,33)(H,29,31,34)/b20-8+,22-15-,28-14?. The van der Waals surface area contributed by atoms with Crippen LogP contribution in [-0.2, 0) is 16.0 Å². The summed E-state index contributed by atoms with van der Waals surface area (Å²) >= 11 is 0. The first kappa shape index (κ1) is 27.1. The molecule has 0 saturated carbocycles. The number of hydrazine groups is 1. The van der Waals surface area contributed by atoms with Crippen LogP contribution in [0.5, 0.6) is 0 Å². The average molecular weight is 480 g/mol. The molecule has 186 valence electrons. The molecule has 0 aliphatic rings. The quantitative estimate of drug-likeness (QED) is 0.187. The zero-order valence-corrected chi connectivity index (χ0v) is 20.7. The summed E-state index contributed by atoms with van der Waals surface area (Å²) in [7, 11) is 2.97. The van der Waals surface area contributed by atoms with Crippen LogP contribution in [0.4, 0.5) is 16.3 Å². The van der Waals surface area contributed by atoms with Crippen molar-refractivity contribution in [3.8, 4) is 0 Å². The zero-order valence-electron chi connectivity index (χ0n) is 20.7. The van der Waals surface area contributed by atoms with Crippen molar-refractivity contribution in [1.82, 2.24) is 9.99 Å². The molecule has 0 unspecified atom stereocenters. The summed E-state index contributed by atoms with van der Waals surface area (Å²) in [4.78, 5) is 32.3. The molecule has 0 spiro atoms. The van der Waals surface area contributed by atoms with Crippen molar-refractivity contribution in [2.45, 2.75) is 33.2 Å². The lowest BCUT2D eigenvalue weighted by atomic mass is 10.0. The van der Waals surface area contributed by atoms with Crippen molar-refractivity contribution in [1.29, 1.82) is 0 Å². The number of benzene rings is 1. The SMILES string of the molecule is CN=C/C(=C\Cc1cc(NC(=O)/C(N)=C/N(N)C(C)C)ccc1C)c1ccnc(NC(=O)OC)c1. The average Bonchev–Trinajstić information content (AvgIpc) is 2.83. The molecule has 2 aromatic rings. The third-order valence-corrected chi connectivity index (χ3v) is 5.07. The zero-order chi connectivity index (χ0) is 26.0. The maximum atomic E-state index is 12.5. The molecule has 10 heteroatoms. The monoisotopic (exact) mass is 479 g/mol. The Bertz CT molecular complexity index is 1140. The second-order valence-electron chi connectivity index (χ2n) is 8.02. The smallest absolute Gasteiger partial charge is 0.412 e. The van der Waals surface area contributed by atoms with Crippen molar-refractivity contribution in [3.05, 3.63) is 71.2 Å². The van der Waals surface area contributed by atoms with Crippen LogP contribution in [0.15, 0.2) is 59.5 Å². The number of nitrogens with two attached hydrogens (primary N) is 2. The van der Waals surface area contributed by atoms with Crippen LogP contribution >= 0.6 is 0 Å². The van der Waals surface area contributed by atoms with Gasteiger partial charge in [0.25, 0.3) is 5.91 Å². The lowest BCUT2D eigenvalue weighted by molar-refractivity contribution is -0.113. The van der Waals surface area contributed by atoms with Gasteiger partial charge in [-0.15, -0.1) is 0 Å². The van der Waals surface area contributed by atoms with Gasteiger partial charge < -0.3 is 20.8 Å². The number of carbonyl (C=O) groups excluding carboxylic acids is 2. The predicted molar refractivity (Wildman–Crippen MR) is 140 cm³/mol. The van der Waals surface area contributed by atoms with Crippen molar-refractivity contribution in [2.75, 3.05) is 24.8 Å². The van der Waals surface area contributed by atoms with Gasteiger partial charge >= 0.3 is 6.09 Å². The van der Waals surface area contributed by atoms with E-state index in [4.69, 9.17) is 11.6 Å². The Labute approximate surface area is 205 Å². The molecule has 2 rings (SSSR count). The first-order chi connectivity index (χ1) is 16.6. The normalized spacial score (nSPS) is 12.1. The van der Waals surface area contributed by atoms with E-state index in [2.05, 4.69) is 25.3 Å². The Balaban J connectivity index is 2.24. The highest BCUT2D eigenvalue weighted by molar-refractivity contribution is 6.10. The van der Waals surface area contributed by atoms with Crippen molar-refractivity contribution < 1.29 is 14.3 Å². The number of hydrogen-bond donors (Lipinski definition) is 4. The molecule has 10 nitrogen and oxygen atoms in total. The summed E-state index contributed by atoms with van der Waals surface area (Å²) in [6, 6.07) is 9.22. The Morgan fingerprint density at radius 2 is 1.97 bits per heavy atom. The van der Waals surface area contributed by atoms with Crippen LogP contribution in [0.3, 0.4) is 0 Å². The Kier molecular flexibility index (Phi) is 9.98. The van der Waals surface area contributed by atoms with E-state index in [0.717, 1.165) is 22.3 Å². The van der Waals surface area contributed by atoms with Crippen molar-refractivity contribution in [3.63, 3.8) is 0 Å². The topological polar surface area (TPSA) is 148 Å². The Hall–Kier alpha value is -4.18. The number of amides is 2. The minimum absolute atomic E-state index is 0.00712. The number of carbonyl (C=O) groups is 2. The number of hydrogen-bond acceptors (Lipinski definition) is 8. The van der Waals surface area contributed by atoms with E-state index in [-0.39, 0.29) is 11.7 Å². The van der Waals surface area contributed by atoms with Gasteiger partial charge in [0.2, 0.25) is 0 Å². The second-order valence-corrected chi connectivity index (χ2v) is 8.02. The van der Waals surface area contributed by atoms with Crippen LogP contribution < -0.4 is 22.2 Å². The second kappa shape index (κ2) is 12.9. The number of aryl methyl sites for hydroxylation is 1. The Morgan fingerprint density at radius 3 is 2.63 bits per heavy atom. The minimum atomic E-state index is -0.599. The predicted octanol–water partition coefficient (Wildman–Crippen LogP) is 3.22. The third-order valence-electron chi connectivity index (χ3n) is 5.07. The number of nitrogens with one attached hydrogen (secondary N) is 2. The van der Waals surface area contributed by atoms with Gasteiger partial charge in [-0.1, -0.05) is 12.1 Å². The van der Waals surface area contributed by atoms with E-state index in [1.54, 1.807) is 25.5 Å². The van der Waals surface area contributed by atoms with Crippen molar-refractivity contribution in [2.24, 2.45) is 16.6 Å². The van der Waals surface area contributed by atoms with Gasteiger partial charge in [-0.3, -0.25) is 15.1 Å². The van der Waals surface area contributed by atoms with Gasteiger partial charge in [0, 0.05) is 37.4 Å². The molecule has 0 aliphatic heterocycles. The lowest BCUT2D eigenvalue weighted by Crippen LogP contribution is -2.34. The van der Waals surface area contributed by atoms with Crippen LogP contribution in [0.2, 0.25) is 0 Å². The van der Waals surface area contributed by atoms with Gasteiger partial charge in [0.15, 0.2) is 0 Å². The number of nitrogens with zero attached hydrogens (tertiary/aromatic N) is 3. The first-order valence-electron chi connectivity index (χ1n) is 11.0. The number of aliphatic imine (C=N–C) groups is 1. The molecule has 1 aromatic carbocycles. The summed E-state index contributed by atoms with van der Waals surface area (Å²) in [6.45, 7) is 5.78. The fraction of sp³-hybridized carbons (Fsp3) is 0.280. The lowest BCUT2D eigenvalue weighted by Gasteiger charge is -2.19. The first-order valence-corrected chi connectivity index (χ1v) is 11.0. The molecule has 0 bridgehead atoms. The van der Waals surface area contributed by atoms with E-state index >= 15 is 0 Å². The molecular formula is C25H33N7O3. The molecule has 1 aromatic heterocycles. The molecule has 1 heterocycles. The van der Waals surface area contributed by atoms with Crippen LogP contribution in [0.1, 0.15) is 30.5 Å². The fourth-order valence-corrected chi connectivity index (χ4v) is 2.98. The molecule has 0 aliphatic carbocycles. The largest absolute Gasteiger partial charge is 0.453 e. The Morgan fingerprint density at radius 1 is 1.23 bits per heavy atom. The van der Waals surface area contributed by atoms with Gasteiger partial charge in [-0.2, -0.15) is 0 Å². The molecule has 35 heavy (non-hydrogen) atoms. The molecule has 0 saturated heterocycles. The maximum absolute atomic E-state index is 12.5. The summed E-state index contributed by atoms with van der Waals surface area (Å²) in [6.07, 6.45) is 6.73. The van der Waals surface area contributed by atoms with Crippen LogP contribution in [0, 0.1) is 6.92 Å². The number of allylic oxidation sites excluding steroid dienone is 2. The molecular weight excluding hydrogens is 446 g/mol. The van der Waals surface area contributed by atoms with E-state index in [0.29, 0.717) is 17.9 Å². The number of methoxy groups -OCH3 is 1. The summed E-state index contributed by atoms with van der Waals surface area (Å²) < 4.78 is 4.62. The highest BCUT2D eigenvalue weighted by Crippen LogP contribution is 2.20. The van der Waals surface area contributed by atoms with Crippen LogP contribution in [0.25, 0.3) is 5.57 Å². The van der Waals surface area contributed by atoms with Gasteiger partial charge in [-0.05, 0) is 73.7 Å². The molecule has 0 radical (unpaired) electrons. The number of pyridine rings is 1. The molecule has 0 fully saturated rings. The third kappa shape index (κ3) is 8.27. The van der Waals surface area contributed by atoms with Gasteiger partial charge in [-0.25, -0.2) is 15.6 Å². The van der Waals surface area contributed by atoms with E-state index < -0.39 is 12.0 Å². The molecule has 6 N–H and O–H groups in total.